The molecule has 2 N–H and O–H groups in total. The number of fused-ring (bicyclic) bond motifs is 1. The Morgan fingerprint density at radius 2 is 1.98 bits per heavy atom. The van der Waals surface area contributed by atoms with E-state index in [0.717, 1.165) is 34.4 Å². The van der Waals surface area contributed by atoms with Crippen molar-refractivity contribution >= 4 is 17.0 Å². The number of imidazole rings is 1. The van der Waals surface area contributed by atoms with Crippen molar-refractivity contribution in [2.75, 3.05) is 13.7 Å². The number of ether oxygens (including phenoxy) is 3. The van der Waals surface area contributed by atoms with Gasteiger partial charge in [-0.3, -0.25) is 4.57 Å². The number of aromatic carboxylic acids is 1. The zero-order valence-electron chi connectivity index (χ0n) is 23.0. The highest BCUT2D eigenvalue weighted by Gasteiger charge is 2.20. The van der Waals surface area contributed by atoms with Crippen molar-refractivity contribution in [3.8, 4) is 34.3 Å². The third-order valence-electron chi connectivity index (χ3n) is 6.94. The molecule has 42 heavy (non-hydrogen) atoms. The number of aromatic amines is 1. The lowest BCUT2D eigenvalue weighted by Crippen LogP contribution is -2.15. The molecule has 0 fully saturated rings. The average Bonchev–Trinajstić information content (AvgIpc) is 3.66. The van der Waals surface area contributed by atoms with Crippen molar-refractivity contribution in [1.82, 2.24) is 30.2 Å². The molecule has 0 aliphatic heterocycles. The zero-order valence-corrected chi connectivity index (χ0v) is 23.0. The first kappa shape index (κ1) is 26.8. The van der Waals surface area contributed by atoms with E-state index in [1.807, 2.05) is 67.6 Å². The lowest BCUT2D eigenvalue weighted by atomic mass is 9.97. The summed E-state index contributed by atoms with van der Waals surface area (Å²) in [5.41, 5.74) is 4.80. The molecule has 0 saturated carbocycles. The van der Waals surface area contributed by atoms with Crippen LogP contribution in [-0.2, 0) is 11.3 Å². The Hall–Kier alpha value is -5.45. The number of methoxy groups -OCH3 is 1. The second-order valence-corrected chi connectivity index (χ2v) is 9.60. The van der Waals surface area contributed by atoms with Crippen LogP contribution >= 0.6 is 0 Å². The van der Waals surface area contributed by atoms with Gasteiger partial charge in [0.1, 0.15) is 17.6 Å². The Morgan fingerprint density at radius 3 is 2.71 bits per heavy atom. The highest BCUT2D eigenvalue weighted by atomic mass is 16.5. The number of carbonyl (C=O) groups is 1. The van der Waals surface area contributed by atoms with Crippen LogP contribution in [0.2, 0.25) is 0 Å². The van der Waals surface area contributed by atoms with Gasteiger partial charge in [0.05, 0.1) is 36.9 Å². The van der Waals surface area contributed by atoms with Gasteiger partial charge < -0.3 is 19.3 Å². The number of H-pyrrole nitrogens is 1. The fraction of sp³-hybridized carbons (Fsp3) is 0.194. The normalized spacial score (nSPS) is 14.5. The summed E-state index contributed by atoms with van der Waals surface area (Å²) in [7, 11) is 1.64. The minimum Gasteiger partial charge on any atom is -0.497 e. The predicted molar refractivity (Wildman–Crippen MR) is 155 cm³/mol. The molecular weight excluding hydrogens is 536 g/mol. The Morgan fingerprint density at radius 1 is 1.12 bits per heavy atom. The summed E-state index contributed by atoms with van der Waals surface area (Å²) in [5.74, 6) is 0.907. The maximum Gasteiger partial charge on any atom is 0.337 e. The Labute approximate surface area is 241 Å². The summed E-state index contributed by atoms with van der Waals surface area (Å²) in [6.45, 7) is 2.65. The largest absolute Gasteiger partial charge is 0.497 e. The van der Waals surface area contributed by atoms with Crippen LogP contribution < -0.4 is 9.47 Å². The number of carboxylic acid groups (broad SMARTS) is 1. The molecule has 0 saturated heterocycles. The molecule has 1 aliphatic carbocycles. The quantitative estimate of drug-likeness (QED) is 0.232. The number of rotatable bonds is 10. The number of aromatic nitrogens is 6. The van der Waals surface area contributed by atoms with Crippen LogP contribution in [0.4, 0.5) is 0 Å². The molecule has 1 atom stereocenters. The number of para-hydroxylation sites is 1. The number of nitrogens with zero attached hydrogens (tertiary/aromatic N) is 5. The van der Waals surface area contributed by atoms with Crippen molar-refractivity contribution in [2.45, 2.75) is 26.0 Å². The van der Waals surface area contributed by atoms with Gasteiger partial charge in [0.25, 0.3) is 6.01 Å². The fourth-order valence-electron chi connectivity index (χ4n) is 5.02. The van der Waals surface area contributed by atoms with Gasteiger partial charge in [0.2, 0.25) is 5.82 Å². The van der Waals surface area contributed by atoms with Gasteiger partial charge in [-0.15, -0.1) is 10.2 Å². The van der Waals surface area contributed by atoms with E-state index >= 15 is 0 Å². The van der Waals surface area contributed by atoms with E-state index in [4.69, 9.17) is 14.2 Å². The first-order chi connectivity index (χ1) is 20.5. The third-order valence-corrected chi connectivity index (χ3v) is 6.94. The summed E-state index contributed by atoms with van der Waals surface area (Å²) < 4.78 is 19.2. The second kappa shape index (κ2) is 11.6. The van der Waals surface area contributed by atoms with Crippen molar-refractivity contribution in [3.63, 3.8) is 0 Å². The van der Waals surface area contributed by atoms with Gasteiger partial charge in [-0.25, -0.2) is 4.79 Å². The lowest BCUT2D eigenvalue weighted by Gasteiger charge is -2.19. The number of nitrogens with one attached hydrogen (secondary N) is 1. The van der Waals surface area contributed by atoms with Crippen LogP contribution in [0.15, 0.2) is 84.7 Å². The molecule has 5 aromatic rings. The Balaban J connectivity index is 1.34. The van der Waals surface area contributed by atoms with Crippen molar-refractivity contribution < 1.29 is 24.1 Å². The van der Waals surface area contributed by atoms with Gasteiger partial charge in [-0.1, -0.05) is 36.4 Å². The van der Waals surface area contributed by atoms with E-state index in [9.17, 15) is 9.90 Å². The number of hydrogen-bond donors (Lipinski definition) is 2. The van der Waals surface area contributed by atoms with Crippen LogP contribution in [0, 0.1) is 0 Å². The first-order valence-corrected chi connectivity index (χ1v) is 13.5. The molecule has 3 aromatic carbocycles. The maximum atomic E-state index is 12.0. The number of carboxylic acids is 1. The van der Waals surface area contributed by atoms with Gasteiger partial charge in [0, 0.05) is 12.0 Å². The summed E-state index contributed by atoms with van der Waals surface area (Å²) in [6.07, 6.45) is 6.49. The number of hydrogen-bond acceptors (Lipinski definition) is 8. The molecule has 11 heteroatoms. The summed E-state index contributed by atoms with van der Waals surface area (Å²) in [6, 6.07) is 19.2. The van der Waals surface area contributed by atoms with Crippen LogP contribution in [0.3, 0.4) is 0 Å². The van der Waals surface area contributed by atoms with Crippen LogP contribution in [-0.4, -0.2) is 61.1 Å². The summed E-state index contributed by atoms with van der Waals surface area (Å²) >= 11 is 0. The van der Waals surface area contributed by atoms with E-state index in [2.05, 4.69) is 25.6 Å². The summed E-state index contributed by atoms with van der Waals surface area (Å²) in [5, 5.41) is 24.4. The van der Waals surface area contributed by atoms with Crippen molar-refractivity contribution in [1.29, 1.82) is 0 Å². The van der Waals surface area contributed by atoms with Gasteiger partial charge in [-0.2, -0.15) is 10.2 Å². The molecule has 2 heterocycles. The van der Waals surface area contributed by atoms with Gasteiger partial charge in [0.15, 0.2) is 0 Å². The van der Waals surface area contributed by atoms with Crippen molar-refractivity contribution in [2.24, 2.45) is 0 Å². The Kier molecular flexibility index (Phi) is 7.37. The monoisotopic (exact) mass is 564 g/mol. The minimum absolute atomic E-state index is 0.156. The maximum absolute atomic E-state index is 12.0. The fourth-order valence-corrected chi connectivity index (χ4v) is 5.02. The molecule has 6 rings (SSSR count). The molecule has 11 nitrogen and oxygen atoms in total. The molecule has 0 spiro atoms. The standard InChI is InChI=1S/C31H28N6O5/c1-3-41-31-32-27-9-5-8-25(30(38)39)28(27)37(31)18-19-10-12-20(13-11-19)26-17-23(14-15-24(26)29-33-35-36-34-29)42-22-7-4-6-21(16-22)40-2/h4-6,8-17,22H,3,7,18H2,1-2H3,(H,38,39)(H,33,34,35,36). The topological polar surface area (TPSA) is 137 Å². The number of tetrazole rings is 1. The van der Waals surface area contributed by atoms with E-state index in [1.54, 1.807) is 29.9 Å². The number of allylic oxidation sites excluding steroid dienone is 1. The molecule has 1 unspecified atom stereocenters. The highest BCUT2D eigenvalue weighted by Crippen LogP contribution is 2.35. The molecule has 0 radical (unpaired) electrons. The molecule has 0 amide bonds. The second-order valence-electron chi connectivity index (χ2n) is 9.60. The van der Waals surface area contributed by atoms with E-state index in [-0.39, 0.29) is 11.7 Å². The number of benzene rings is 3. The van der Waals surface area contributed by atoms with E-state index < -0.39 is 5.97 Å². The SMILES string of the molecule is CCOc1nc2cccc(C(=O)O)c2n1Cc1ccc(-c2cc(OC3C=C(OC)C=CC3)ccc2-c2nn[nH]n2)cc1. The van der Waals surface area contributed by atoms with Crippen LogP contribution in [0.5, 0.6) is 11.8 Å². The van der Waals surface area contributed by atoms with Crippen molar-refractivity contribution in [3.05, 3.63) is 95.8 Å². The lowest BCUT2D eigenvalue weighted by molar-refractivity contribution is 0.0698. The van der Waals surface area contributed by atoms with E-state index in [1.165, 1.54) is 0 Å². The summed E-state index contributed by atoms with van der Waals surface area (Å²) in [4.78, 5) is 16.5. The zero-order chi connectivity index (χ0) is 29.1. The molecular formula is C31H28N6O5. The smallest absolute Gasteiger partial charge is 0.337 e. The van der Waals surface area contributed by atoms with Crippen LogP contribution in [0.1, 0.15) is 29.3 Å². The van der Waals surface area contributed by atoms with E-state index in [0.29, 0.717) is 41.8 Å². The van der Waals surface area contributed by atoms with Gasteiger partial charge in [-0.05, 0) is 71.3 Å². The molecule has 2 aromatic heterocycles. The third kappa shape index (κ3) is 5.31. The molecule has 1 aliphatic rings. The predicted octanol–water partition coefficient (Wildman–Crippen LogP) is 5.27. The van der Waals surface area contributed by atoms with Gasteiger partial charge >= 0.3 is 5.97 Å². The first-order valence-electron chi connectivity index (χ1n) is 13.5. The highest BCUT2D eigenvalue weighted by molar-refractivity contribution is 6.01. The molecule has 0 bridgehead atoms. The Bertz CT molecular complexity index is 1790. The molecule has 212 valence electrons. The average molecular weight is 565 g/mol. The minimum atomic E-state index is -1.02. The van der Waals surface area contributed by atoms with Crippen LogP contribution in [0.25, 0.3) is 33.5 Å².